The van der Waals surface area contributed by atoms with Gasteiger partial charge >= 0.3 is 0 Å². The van der Waals surface area contributed by atoms with E-state index in [-0.39, 0.29) is 24.8 Å². The molecule has 1 unspecified atom stereocenters. The molecule has 1 atom stereocenters. The molecule has 0 radical (unpaired) electrons. The van der Waals surface area contributed by atoms with Crippen molar-refractivity contribution >= 4 is 0 Å². The Balaban J connectivity index is -0.0000328. The molecule has 502 valence electrons. The van der Waals surface area contributed by atoms with E-state index in [1.807, 2.05) is 0 Å². The molecule has 0 heterocycles. The quantitative estimate of drug-likeness (QED) is 0.0323. The maximum absolute atomic E-state index is 2.66. The molecule has 4 heteroatoms. The van der Waals surface area contributed by atoms with Gasteiger partial charge in [-0.05, 0) is 180 Å². The molecule has 0 rings (SSSR count). The van der Waals surface area contributed by atoms with Crippen LogP contribution in [0.1, 0.15) is 413 Å². The number of allylic oxidation sites excluding steroid dienone is 8. The van der Waals surface area contributed by atoms with Gasteiger partial charge in [0.15, 0.2) is 0 Å². The molecule has 0 aromatic heterocycles. The summed E-state index contributed by atoms with van der Waals surface area (Å²) in [4.78, 5) is 0. The van der Waals surface area contributed by atoms with Crippen LogP contribution >= 0.6 is 0 Å². The van der Waals surface area contributed by atoms with Crippen LogP contribution in [0, 0.1) is 0 Å². The summed E-state index contributed by atoms with van der Waals surface area (Å²) in [5.41, 5.74) is 0. The van der Waals surface area contributed by atoms with Crippen LogP contribution in [0.2, 0.25) is 0 Å². The standard InChI is InChI=1S/C80H158N2.2ClH/c1-7-11-15-19-23-27-31-35-39-43-47-51-55-59-63-69-75-81(5,76-70-64-60-56-52-48-44-40-36-32-28-24-20-16-12-8-2)79-73-67-68-74-80-82(6,77-71-65-61-57-53-49-45-41-37-33-29-25-21-17-13-9-3)78-72-66-62-58-54-50-46-42-38-34-30-26-22-18-14-10-4;;/h35-42H,7-34,43-80H2,1-6H3;2*1H/q+2;;/p-2/b39-35-,40-36+,41-37+,42-38+;;. The minimum Gasteiger partial charge on any atom is -1.00 e. The van der Waals surface area contributed by atoms with Crippen LogP contribution in [-0.4, -0.2) is 62.3 Å². The Labute approximate surface area is 545 Å². The fourth-order valence-corrected chi connectivity index (χ4v) is 13.0. The Hall–Kier alpha value is -0.540. The third-order valence-electron chi connectivity index (χ3n) is 19.0. The van der Waals surface area contributed by atoms with Gasteiger partial charge in [0.05, 0.1) is 53.4 Å². The number of hydrogen-bond donors (Lipinski definition) is 0. The van der Waals surface area contributed by atoms with Crippen LogP contribution in [0.4, 0.5) is 0 Å². The molecule has 0 saturated carbocycles. The average molecular weight is 1220 g/mol. The predicted octanol–water partition coefficient (Wildman–Crippen LogP) is 21.6. The first kappa shape index (κ1) is 87.7. The molecule has 0 spiro atoms. The molecule has 0 aliphatic rings. The van der Waals surface area contributed by atoms with Gasteiger partial charge in [-0.15, -0.1) is 0 Å². The summed E-state index contributed by atoms with van der Waals surface area (Å²) in [5, 5.41) is 0. The van der Waals surface area contributed by atoms with Gasteiger partial charge in [-0.25, -0.2) is 0 Å². The van der Waals surface area contributed by atoms with E-state index in [1.54, 1.807) is 0 Å². The van der Waals surface area contributed by atoms with Crippen LogP contribution in [0.5, 0.6) is 0 Å². The molecule has 84 heavy (non-hydrogen) atoms. The number of halogens is 2. The van der Waals surface area contributed by atoms with Crippen molar-refractivity contribution in [3.8, 4) is 0 Å². The molecule has 2 nitrogen and oxygen atoms in total. The fraction of sp³-hybridized carbons (Fsp3) is 0.900. The maximum atomic E-state index is 2.66. The van der Waals surface area contributed by atoms with E-state index >= 15 is 0 Å². The van der Waals surface area contributed by atoms with Gasteiger partial charge in [-0.3, -0.25) is 0 Å². The van der Waals surface area contributed by atoms with Crippen molar-refractivity contribution in [2.24, 2.45) is 0 Å². The lowest BCUT2D eigenvalue weighted by Crippen LogP contribution is -3.00. The van der Waals surface area contributed by atoms with Crippen LogP contribution < -0.4 is 24.8 Å². The lowest BCUT2D eigenvalue weighted by molar-refractivity contribution is -0.911. The summed E-state index contributed by atoms with van der Waals surface area (Å²) >= 11 is 0. The predicted molar refractivity (Wildman–Crippen MR) is 378 cm³/mol. The molecule has 0 fully saturated rings. The summed E-state index contributed by atoms with van der Waals surface area (Å²) < 4.78 is 2.68. The minimum absolute atomic E-state index is 0. The Kier molecular flexibility index (Phi) is 78.2. The summed E-state index contributed by atoms with van der Waals surface area (Å²) in [6.07, 6.45) is 104. The van der Waals surface area contributed by atoms with Gasteiger partial charge in [-0.1, -0.05) is 282 Å². The molecule has 0 saturated heterocycles. The van der Waals surface area contributed by atoms with Crippen molar-refractivity contribution in [1.82, 2.24) is 0 Å². The van der Waals surface area contributed by atoms with E-state index in [4.69, 9.17) is 0 Å². The molecule has 0 bridgehead atoms. The molecule has 0 N–H and O–H groups in total. The molecule has 0 amide bonds. The highest BCUT2D eigenvalue weighted by Crippen LogP contribution is 2.21. The Bertz CT molecular complexity index is 1120. The second-order valence-electron chi connectivity index (χ2n) is 27.7. The summed E-state index contributed by atoms with van der Waals surface area (Å²) in [7, 11) is 5.32. The van der Waals surface area contributed by atoms with E-state index in [0.29, 0.717) is 0 Å². The highest BCUT2D eigenvalue weighted by atomic mass is 35.5. The van der Waals surface area contributed by atoms with E-state index < -0.39 is 0 Å². The highest BCUT2D eigenvalue weighted by Gasteiger charge is 2.22. The van der Waals surface area contributed by atoms with Crippen LogP contribution in [-0.2, 0) is 0 Å². The fourth-order valence-electron chi connectivity index (χ4n) is 13.0. The summed E-state index contributed by atoms with van der Waals surface area (Å²) in [6.45, 7) is 17.7. The largest absolute Gasteiger partial charge is 1.00 e. The van der Waals surface area contributed by atoms with E-state index in [2.05, 4.69) is 90.4 Å². The van der Waals surface area contributed by atoms with E-state index in [1.165, 1.54) is 433 Å². The summed E-state index contributed by atoms with van der Waals surface area (Å²) in [6, 6.07) is 0. The van der Waals surface area contributed by atoms with Crippen LogP contribution in [0.3, 0.4) is 0 Å². The number of hydrogen-bond acceptors (Lipinski definition) is 0. The Morgan fingerprint density at radius 1 is 0.155 bits per heavy atom. The normalized spacial score (nSPS) is 12.9. The Morgan fingerprint density at radius 3 is 0.393 bits per heavy atom. The zero-order valence-corrected chi connectivity index (χ0v) is 60.5. The topological polar surface area (TPSA) is 0 Å². The molecule has 0 aliphatic carbocycles. The number of quaternary nitrogens is 2. The minimum atomic E-state index is 0. The maximum Gasteiger partial charge on any atom is 0.0784 e. The first-order valence-electron chi connectivity index (χ1n) is 38.7. The summed E-state index contributed by atoms with van der Waals surface area (Å²) in [5.74, 6) is 0. The van der Waals surface area contributed by atoms with Gasteiger partial charge in [0.2, 0.25) is 0 Å². The van der Waals surface area contributed by atoms with Crippen molar-refractivity contribution in [3.05, 3.63) is 48.6 Å². The van der Waals surface area contributed by atoms with Gasteiger partial charge < -0.3 is 33.8 Å². The molecule has 0 aromatic carbocycles. The van der Waals surface area contributed by atoms with Crippen molar-refractivity contribution in [2.75, 3.05) is 53.4 Å². The van der Waals surface area contributed by atoms with Gasteiger partial charge in [0.25, 0.3) is 0 Å². The third kappa shape index (κ3) is 70.5. The zero-order valence-electron chi connectivity index (χ0n) is 58.9. The lowest BCUT2D eigenvalue weighted by Gasteiger charge is -2.36. The van der Waals surface area contributed by atoms with Gasteiger partial charge in [-0.2, -0.15) is 0 Å². The monoisotopic (exact) mass is 1220 g/mol. The highest BCUT2D eigenvalue weighted by molar-refractivity contribution is 4.83. The first-order chi connectivity index (χ1) is 40.4. The lowest BCUT2D eigenvalue weighted by atomic mass is 10.1. The van der Waals surface area contributed by atoms with Crippen molar-refractivity contribution < 1.29 is 33.8 Å². The average Bonchev–Trinajstić information content (AvgIpc) is 3.49. The third-order valence-corrected chi connectivity index (χ3v) is 19.0. The van der Waals surface area contributed by atoms with Crippen molar-refractivity contribution in [2.45, 2.75) is 413 Å². The zero-order chi connectivity index (χ0) is 59.3. The molecule has 0 aliphatic heterocycles. The second-order valence-corrected chi connectivity index (χ2v) is 27.7. The molecular weight excluding hydrogens is 1060 g/mol. The van der Waals surface area contributed by atoms with Crippen LogP contribution in [0.25, 0.3) is 0 Å². The Morgan fingerprint density at radius 2 is 0.262 bits per heavy atom. The van der Waals surface area contributed by atoms with Gasteiger partial charge in [0.1, 0.15) is 0 Å². The number of unbranched alkanes of at least 4 members (excludes halogenated alkanes) is 51. The second kappa shape index (κ2) is 74.9. The SMILES string of the molecule is CCCCCCCC/C=C\CCCCCCCC[N+](C)(CCCCCCCC/C=C/CCCCCCCC)CCCCCC[N+](C)(CCCCCCCC/C=C/CCCCCCCC)CCCCCCCC/C=C/CCCCCCCC.[Cl-].[Cl-]. The smallest absolute Gasteiger partial charge is 0.0784 e. The van der Waals surface area contributed by atoms with E-state index in [9.17, 15) is 0 Å². The molecule has 0 aromatic rings. The van der Waals surface area contributed by atoms with Gasteiger partial charge in [0, 0.05) is 0 Å². The number of rotatable bonds is 71. The number of nitrogens with zero attached hydrogens (tertiary/aromatic N) is 2. The van der Waals surface area contributed by atoms with Crippen LogP contribution in [0.15, 0.2) is 48.6 Å². The van der Waals surface area contributed by atoms with E-state index in [0.717, 1.165) is 0 Å². The van der Waals surface area contributed by atoms with Crippen molar-refractivity contribution in [1.29, 1.82) is 0 Å². The first-order valence-corrected chi connectivity index (χ1v) is 38.7. The molecular formula is C80H158Cl2N2. The van der Waals surface area contributed by atoms with Crippen molar-refractivity contribution in [3.63, 3.8) is 0 Å².